The van der Waals surface area contributed by atoms with Crippen molar-refractivity contribution >= 4 is 5.97 Å². The second-order valence-electron chi connectivity index (χ2n) is 18.0. The van der Waals surface area contributed by atoms with Gasteiger partial charge in [-0.1, -0.05) is 199 Å². The van der Waals surface area contributed by atoms with Crippen molar-refractivity contribution in [1.29, 1.82) is 0 Å². The minimum Gasteiger partial charge on any atom is -0.497 e. The van der Waals surface area contributed by atoms with E-state index in [1.54, 1.807) is 14.2 Å². The van der Waals surface area contributed by atoms with Gasteiger partial charge in [0, 0.05) is 6.42 Å². The van der Waals surface area contributed by atoms with E-state index in [1.807, 2.05) is 140 Å². The van der Waals surface area contributed by atoms with Crippen molar-refractivity contribution in [2.45, 2.75) is 166 Å². The number of rotatable bonds is 32. The molecule has 68 heavy (non-hydrogen) atoms. The van der Waals surface area contributed by atoms with Crippen molar-refractivity contribution in [1.82, 2.24) is 0 Å². The Morgan fingerprint density at radius 2 is 0.632 bits per heavy atom. The van der Waals surface area contributed by atoms with E-state index in [0.29, 0.717) is 0 Å². The number of carbonyl (C=O) groups excluding carboxylic acids is 1. The largest absolute Gasteiger partial charge is 0.497 e. The molecule has 0 spiro atoms. The summed E-state index contributed by atoms with van der Waals surface area (Å²) in [6.45, 7) is 3.49. The quantitative estimate of drug-likeness (QED) is 0.0309. The molecule has 5 aromatic carbocycles. The fourth-order valence-corrected chi connectivity index (χ4v) is 8.83. The number of methoxy groups -OCH3 is 2. The van der Waals surface area contributed by atoms with Crippen LogP contribution >= 0.6 is 0 Å². The van der Waals surface area contributed by atoms with Gasteiger partial charge < -0.3 is 37.9 Å². The van der Waals surface area contributed by atoms with Gasteiger partial charge in [0.05, 0.1) is 47.3 Å². The maximum Gasteiger partial charge on any atom is 0.306 e. The van der Waals surface area contributed by atoms with E-state index < -0.39 is 36.6 Å². The Morgan fingerprint density at radius 1 is 0.353 bits per heavy atom. The van der Waals surface area contributed by atoms with Crippen molar-refractivity contribution in [3.8, 4) is 11.5 Å². The number of unbranched alkanes of at least 4 members (excludes halogenated alkanes) is 12. The minimum atomic E-state index is -0.917. The van der Waals surface area contributed by atoms with Crippen LogP contribution in [0.15, 0.2) is 140 Å². The van der Waals surface area contributed by atoms with E-state index in [4.69, 9.17) is 37.9 Å². The average Bonchev–Trinajstić information content (AvgIpc) is 3.38. The highest BCUT2D eigenvalue weighted by molar-refractivity contribution is 5.69. The summed E-state index contributed by atoms with van der Waals surface area (Å²) in [5.41, 5.74) is 4.80. The first-order valence-corrected chi connectivity index (χ1v) is 25.2. The Balaban J connectivity index is 1.29. The predicted molar refractivity (Wildman–Crippen MR) is 268 cm³/mol. The van der Waals surface area contributed by atoms with Gasteiger partial charge in [0.25, 0.3) is 0 Å². The smallest absolute Gasteiger partial charge is 0.306 e. The van der Waals surface area contributed by atoms with Crippen LogP contribution < -0.4 is 9.47 Å². The number of esters is 1. The third kappa shape index (κ3) is 17.8. The van der Waals surface area contributed by atoms with Crippen molar-refractivity contribution in [2.24, 2.45) is 0 Å². The minimum absolute atomic E-state index is 0.225. The Labute approximate surface area is 406 Å². The van der Waals surface area contributed by atoms with Crippen LogP contribution in [0, 0.1) is 0 Å². The molecule has 0 heterocycles. The predicted octanol–water partition coefficient (Wildman–Crippen LogP) is 13.3. The van der Waals surface area contributed by atoms with Gasteiger partial charge in [-0.05, 0) is 58.5 Å². The summed E-state index contributed by atoms with van der Waals surface area (Å²) in [5, 5.41) is 0. The maximum absolute atomic E-state index is 14.3. The molecule has 5 aromatic rings. The Morgan fingerprint density at radius 3 is 0.941 bits per heavy atom. The highest BCUT2D eigenvalue weighted by Crippen LogP contribution is 2.37. The van der Waals surface area contributed by atoms with Gasteiger partial charge in [-0.25, -0.2) is 0 Å². The van der Waals surface area contributed by atoms with Crippen molar-refractivity contribution in [2.75, 3.05) is 14.2 Å². The molecule has 0 unspecified atom stereocenters. The zero-order valence-corrected chi connectivity index (χ0v) is 40.9. The standard InChI is InChI=1S/C59H76O9/c1-4-5-6-7-8-9-10-11-12-13-14-15-25-32-53(60)68-59-57(66-42-47-28-21-17-22-29-47)55(63-41-46-26-19-16-20-27-46)54(64-44-49-33-37-51(61-2)38-34-49)56(58(59)67-43-48-30-23-18-24-31-48)65-45-50-35-39-52(62-3)40-36-50/h16-24,26-31,33-40,54-59H,4-15,25,32,41-45H2,1-3H3/t54-,55-,56+,57-,58-,59-/m1/s1. The molecular weight excluding hydrogens is 853 g/mol. The lowest BCUT2D eigenvalue weighted by atomic mass is 9.83. The lowest BCUT2D eigenvalue weighted by molar-refractivity contribution is -0.286. The first-order valence-electron chi connectivity index (χ1n) is 25.2. The van der Waals surface area contributed by atoms with E-state index >= 15 is 0 Å². The summed E-state index contributed by atoms with van der Waals surface area (Å²) in [5.74, 6) is 1.20. The van der Waals surface area contributed by atoms with Gasteiger partial charge in [0.1, 0.15) is 42.0 Å². The molecule has 0 amide bonds. The normalized spacial score (nSPS) is 19.1. The molecule has 0 aliphatic heterocycles. The number of carbonyl (C=O) groups is 1. The van der Waals surface area contributed by atoms with E-state index in [9.17, 15) is 4.79 Å². The average molecular weight is 929 g/mol. The van der Waals surface area contributed by atoms with Crippen LogP contribution in [-0.4, -0.2) is 56.8 Å². The van der Waals surface area contributed by atoms with Gasteiger partial charge >= 0.3 is 5.97 Å². The highest BCUT2D eigenvalue weighted by Gasteiger charge is 2.56. The van der Waals surface area contributed by atoms with E-state index in [0.717, 1.165) is 58.6 Å². The summed E-state index contributed by atoms with van der Waals surface area (Å²) < 4.78 is 52.7. The summed E-state index contributed by atoms with van der Waals surface area (Å²) in [6.07, 6.45) is 11.4. The Hall–Kier alpha value is -5.03. The molecule has 366 valence electrons. The van der Waals surface area contributed by atoms with Crippen molar-refractivity contribution < 1.29 is 42.7 Å². The first kappa shape index (κ1) is 52.3. The summed E-state index contributed by atoms with van der Waals surface area (Å²) in [4.78, 5) is 14.3. The topological polar surface area (TPSA) is 90.9 Å². The molecule has 9 nitrogen and oxygen atoms in total. The third-order valence-corrected chi connectivity index (χ3v) is 12.8. The molecule has 0 bridgehead atoms. The number of hydrogen-bond donors (Lipinski definition) is 0. The Bertz CT molecular complexity index is 2060. The van der Waals surface area contributed by atoms with Crippen LogP contribution in [0.3, 0.4) is 0 Å². The lowest BCUT2D eigenvalue weighted by Gasteiger charge is -2.49. The number of ether oxygens (including phenoxy) is 8. The third-order valence-electron chi connectivity index (χ3n) is 12.8. The lowest BCUT2D eigenvalue weighted by Crippen LogP contribution is -2.67. The molecule has 6 atom stereocenters. The van der Waals surface area contributed by atoms with Crippen molar-refractivity contribution in [3.05, 3.63) is 167 Å². The number of hydrogen-bond acceptors (Lipinski definition) is 9. The van der Waals surface area contributed by atoms with Gasteiger partial charge in [0.2, 0.25) is 0 Å². The molecule has 0 aromatic heterocycles. The Kier molecular flexibility index (Phi) is 23.4. The summed E-state index contributed by atoms with van der Waals surface area (Å²) in [6, 6.07) is 45.7. The molecule has 1 saturated carbocycles. The van der Waals surface area contributed by atoms with Crippen LogP contribution in [0.2, 0.25) is 0 Å². The number of benzene rings is 5. The summed E-state index contributed by atoms with van der Waals surface area (Å²) >= 11 is 0. The second kappa shape index (κ2) is 30.5. The van der Waals surface area contributed by atoms with Gasteiger partial charge in [-0.15, -0.1) is 0 Å². The van der Waals surface area contributed by atoms with Crippen LogP contribution in [-0.2, 0) is 66.3 Å². The fraction of sp³-hybridized carbons (Fsp3) is 0.475. The summed E-state index contributed by atoms with van der Waals surface area (Å²) in [7, 11) is 3.31. The fourth-order valence-electron chi connectivity index (χ4n) is 8.83. The SMILES string of the molecule is CCCCCCCCCCCCCCCC(=O)O[C@@H]1[C@H](OCc2ccccc2)[C@H](OCc2ccccc2)[C@@H](OCc2ccc(OC)cc2)[C@H](OCc2ccc(OC)cc2)[C@H]1OCc1ccccc1. The second-order valence-corrected chi connectivity index (χ2v) is 18.0. The van der Waals surface area contributed by atoms with Gasteiger partial charge in [-0.3, -0.25) is 4.79 Å². The van der Waals surface area contributed by atoms with Crippen LogP contribution in [0.4, 0.5) is 0 Å². The molecule has 1 aliphatic carbocycles. The van der Waals surface area contributed by atoms with Gasteiger partial charge in [0.15, 0.2) is 6.10 Å². The maximum atomic E-state index is 14.3. The zero-order valence-electron chi connectivity index (χ0n) is 40.9. The zero-order chi connectivity index (χ0) is 47.4. The molecule has 0 radical (unpaired) electrons. The molecule has 6 rings (SSSR count). The van der Waals surface area contributed by atoms with Crippen LogP contribution in [0.1, 0.15) is 125 Å². The molecule has 9 heteroatoms. The molecular formula is C59H76O9. The molecule has 0 N–H and O–H groups in total. The first-order chi connectivity index (χ1) is 33.5. The molecule has 0 saturated heterocycles. The molecule has 1 fully saturated rings. The van der Waals surface area contributed by atoms with Crippen LogP contribution in [0.25, 0.3) is 0 Å². The monoisotopic (exact) mass is 929 g/mol. The van der Waals surface area contributed by atoms with Gasteiger partial charge in [-0.2, -0.15) is 0 Å². The van der Waals surface area contributed by atoms with E-state index in [2.05, 4.69) is 6.92 Å². The van der Waals surface area contributed by atoms with Crippen molar-refractivity contribution in [3.63, 3.8) is 0 Å². The van der Waals surface area contributed by atoms with E-state index in [1.165, 1.54) is 64.2 Å². The molecule has 1 aliphatic rings. The van der Waals surface area contributed by atoms with E-state index in [-0.39, 0.29) is 45.4 Å². The highest BCUT2D eigenvalue weighted by atomic mass is 16.6. The van der Waals surface area contributed by atoms with Crippen LogP contribution in [0.5, 0.6) is 11.5 Å².